The molecule has 0 fully saturated rings. The van der Waals surface area contributed by atoms with Gasteiger partial charge in [-0.2, -0.15) is 5.26 Å². The summed E-state index contributed by atoms with van der Waals surface area (Å²) in [7, 11) is 2.96. The van der Waals surface area contributed by atoms with Crippen molar-refractivity contribution in [2.45, 2.75) is 0 Å². The summed E-state index contributed by atoms with van der Waals surface area (Å²) in [4.78, 5) is 16.9. The maximum absolute atomic E-state index is 11.4. The number of carbonyl (C=O) groups is 1. The molecule has 0 aliphatic rings. The maximum atomic E-state index is 11.4. The third-order valence-corrected chi connectivity index (χ3v) is 2.89. The summed E-state index contributed by atoms with van der Waals surface area (Å²) in [6.07, 6.45) is 1.18. The van der Waals surface area contributed by atoms with Crippen molar-refractivity contribution >= 4 is 23.3 Å². The van der Waals surface area contributed by atoms with E-state index in [1.807, 2.05) is 0 Å². The number of ether oxygens (including phenoxy) is 1. The van der Waals surface area contributed by atoms with Crippen LogP contribution >= 0.6 is 0 Å². The minimum atomic E-state index is -0.438. The van der Waals surface area contributed by atoms with Crippen molar-refractivity contribution in [3.63, 3.8) is 0 Å². The Balaban J connectivity index is 2.17. The molecule has 0 aliphatic carbocycles. The van der Waals surface area contributed by atoms with E-state index < -0.39 is 6.09 Å². The van der Waals surface area contributed by atoms with Crippen molar-refractivity contribution in [1.29, 1.82) is 5.26 Å². The van der Waals surface area contributed by atoms with Gasteiger partial charge in [-0.05, 0) is 36.4 Å². The number of hydrogen-bond acceptors (Lipinski definition) is 5. The van der Waals surface area contributed by atoms with Gasteiger partial charge in [-0.1, -0.05) is 0 Å². The van der Waals surface area contributed by atoms with Gasteiger partial charge in [0, 0.05) is 24.6 Å². The lowest BCUT2D eigenvalue weighted by Gasteiger charge is -2.16. The van der Waals surface area contributed by atoms with E-state index in [0.717, 1.165) is 5.69 Å². The largest absolute Gasteiger partial charge is 0.452 e. The molecule has 0 saturated carbocycles. The quantitative estimate of drug-likeness (QED) is 0.936. The lowest BCUT2D eigenvalue weighted by molar-refractivity contribution is 0.180. The fourth-order valence-corrected chi connectivity index (χ4v) is 1.74. The number of nitrogens with zero attached hydrogens (tertiary/aromatic N) is 3. The Kier molecular flexibility index (Phi) is 4.36. The SMILES string of the molecule is COC(=O)N(C)c1ccc(Nc2ncccc2C#N)cc1. The molecule has 2 rings (SSSR count). The Morgan fingerprint density at radius 3 is 2.67 bits per heavy atom. The van der Waals surface area contributed by atoms with Crippen LogP contribution in [-0.2, 0) is 4.74 Å². The molecule has 1 aromatic carbocycles. The van der Waals surface area contributed by atoms with Gasteiger partial charge in [0.25, 0.3) is 0 Å². The number of benzene rings is 1. The Bertz CT molecular complexity index is 677. The number of hydrogen-bond donors (Lipinski definition) is 1. The molecule has 6 heteroatoms. The van der Waals surface area contributed by atoms with Gasteiger partial charge in [0.2, 0.25) is 0 Å². The highest BCUT2D eigenvalue weighted by Crippen LogP contribution is 2.21. The summed E-state index contributed by atoms with van der Waals surface area (Å²) in [6.45, 7) is 0. The molecule has 1 amide bonds. The van der Waals surface area contributed by atoms with E-state index in [-0.39, 0.29) is 0 Å². The van der Waals surface area contributed by atoms with E-state index in [9.17, 15) is 4.79 Å². The summed E-state index contributed by atoms with van der Waals surface area (Å²) >= 11 is 0. The second kappa shape index (κ2) is 6.39. The predicted octanol–water partition coefficient (Wildman–Crippen LogP) is 2.90. The van der Waals surface area contributed by atoms with Crippen LogP contribution in [0.3, 0.4) is 0 Å². The van der Waals surface area contributed by atoms with Crippen LogP contribution in [-0.4, -0.2) is 25.2 Å². The molecule has 0 unspecified atom stereocenters. The summed E-state index contributed by atoms with van der Waals surface area (Å²) in [5.41, 5.74) is 1.94. The van der Waals surface area contributed by atoms with Crippen LogP contribution in [0.1, 0.15) is 5.56 Å². The third-order valence-electron chi connectivity index (χ3n) is 2.89. The van der Waals surface area contributed by atoms with E-state index in [1.165, 1.54) is 12.0 Å². The maximum Gasteiger partial charge on any atom is 0.413 e. The van der Waals surface area contributed by atoms with E-state index in [4.69, 9.17) is 5.26 Å². The summed E-state index contributed by atoms with van der Waals surface area (Å²) in [5, 5.41) is 12.1. The number of rotatable bonds is 3. The molecule has 106 valence electrons. The first-order valence-electron chi connectivity index (χ1n) is 6.19. The van der Waals surface area contributed by atoms with Crippen molar-refractivity contribution in [1.82, 2.24) is 4.98 Å². The molecule has 2 aromatic rings. The molecule has 0 atom stereocenters. The predicted molar refractivity (Wildman–Crippen MR) is 79.5 cm³/mol. The molecule has 0 bridgehead atoms. The zero-order chi connectivity index (χ0) is 15.2. The standard InChI is InChI=1S/C15H14N4O2/c1-19(15(20)21-2)13-7-5-12(6-8-13)18-14-11(10-16)4-3-9-17-14/h3-9H,1-2H3,(H,17,18). The number of aromatic nitrogens is 1. The lowest BCUT2D eigenvalue weighted by Crippen LogP contribution is -2.25. The zero-order valence-electron chi connectivity index (χ0n) is 11.7. The molecule has 0 saturated heterocycles. The van der Waals surface area contributed by atoms with Crippen molar-refractivity contribution in [3.8, 4) is 6.07 Å². The number of nitriles is 1. The first kappa shape index (κ1) is 14.3. The summed E-state index contributed by atoms with van der Waals surface area (Å²) in [5.74, 6) is 0.495. The van der Waals surface area contributed by atoms with Crippen LogP contribution in [0.25, 0.3) is 0 Å². The number of nitrogens with one attached hydrogen (secondary N) is 1. The van der Waals surface area contributed by atoms with Crippen LogP contribution in [0, 0.1) is 11.3 Å². The van der Waals surface area contributed by atoms with Crippen molar-refractivity contribution in [2.24, 2.45) is 0 Å². The zero-order valence-corrected chi connectivity index (χ0v) is 11.7. The highest BCUT2D eigenvalue weighted by molar-refractivity contribution is 5.87. The molecule has 0 spiro atoms. The molecule has 0 aliphatic heterocycles. The smallest absolute Gasteiger partial charge is 0.413 e. The molecule has 6 nitrogen and oxygen atoms in total. The number of methoxy groups -OCH3 is 1. The summed E-state index contributed by atoms with van der Waals surface area (Å²) < 4.78 is 4.65. The number of anilines is 3. The van der Waals surface area contributed by atoms with Crippen LogP contribution < -0.4 is 10.2 Å². The van der Waals surface area contributed by atoms with Gasteiger partial charge in [-0.25, -0.2) is 9.78 Å². The van der Waals surface area contributed by atoms with Crippen molar-refractivity contribution < 1.29 is 9.53 Å². The average Bonchev–Trinajstić information content (AvgIpc) is 2.54. The van der Waals surface area contributed by atoms with Gasteiger partial charge < -0.3 is 10.1 Å². The topological polar surface area (TPSA) is 78.2 Å². The van der Waals surface area contributed by atoms with Crippen LogP contribution in [0.5, 0.6) is 0 Å². The van der Waals surface area contributed by atoms with Gasteiger partial charge >= 0.3 is 6.09 Å². The molecular weight excluding hydrogens is 268 g/mol. The van der Waals surface area contributed by atoms with Gasteiger partial charge in [-0.15, -0.1) is 0 Å². The monoisotopic (exact) mass is 282 g/mol. The second-order valence-corrected chi connectivity index (χ2v) is 4.21. The minimum absolute atomic E-state index is 0.438. The van der Waals surface area contributed by atoms with Crippen molar-refractivity contribution in [3.05, 3.63) is 48.2 Å². The Morgan fingerprint density at radius 1 is 1.33 bits per heavy atom. The first-order valence-corrected chi connectivity index (χ1v) is 6.19. The van der Waals surface area contributed by atoms with Crippen LogP contribution in [0.15, 0.2) is 42.6 Å². The fourth-order valence-electron chi connectivity index (χ4n) is 1.74. The van der Waals surface area contributed by atoms with Gasteiger partial charge in [0.1, 0.15) is 11.9 Å². The van der Waals surface area contributed by atoms with E-state index >= 15 is 0 Å². The summed E-state index contributed by atoms with van der Waals surface area (Å²) in [6, 6.07) is 12.6. The highest BCUT2D eigenvalue weighted by atomic mass is 16.5. The normalized spacial score (nSPS) is 9.57. The Morgan fingerprint density at radius 2 is 2.05 bits per heavy atom. The molecular formula is C15H14N4O2. The van der Waals surface area contributed by atoms with Gasteiger partial charge in [0.05, 0.1) is 12.7 Å². The molecule has 0 radical (unpaired) electrons. The van der Waals surface area contributed by atoms with Gasteiger partial charge in [-0.3, -0.25) is 4.90 Å². The Labute approximate surface area is 122 Å². The fraction of sp³-hybridized carbons (Fsp3) is 0.133. The lowest BCUT2D eigenvalue weighted by atomic mass is 10.2. The van der Waals surface area contributed by atoms with E-state index in [0.29, 0.717) is 17.1 Å². The first-order chi connectivity index (χ1) is 10.2. The Hall–Kier alpha value is -3.07. The van der Waals surface area contributed by atoms with Crippen molar-refractivity contribution in [2.75, 3.05) is 24.4 Å². The average molecular weight is 282 g/mol. The van der Waals surface area contributed by atoms with Crippen LogP contribution in [0.4, 0.5) is 22.0 Å². The molecule has 1 aromatic heterocycles. The van der Waals surface area contributed by atoms with E-state index in [1.54, 1.807) is 49.6 Å². The number of amides is 1. The molecule has 21 heavy (non-hydrogen) atoms. The third kappa shape index (κ3) is 3.28. The van der Waals surface area contributed by atoms with Gasteiger partial charge in [0.15, 0.2) is 0 Å². The number of carbonyl (C=O) groups excluding carboxylic acids is 1. The van der Waals surface area contributed by atoms with Crippen LogP contribution in [0.2, 0.25) is 0 Å². The highest BCUT2D eigenvalue weighted by Gasteiger charge is 2.10. The minimum Gasteiger partial charge on any atom is -0.452 e. The second-order valence-electron chi connectivity index (χ2n) is 4.21. The van der Waals surface area contributed by atoms with E-state index in [2.05, 4.69) is 21.1 Å². The molecule has 1 N–H and O–H groups in total. The molecule has 1 heterocycles. The number of pyridine rings is 1.